The molecule has 1 aromatic carbocycles. The third-order valence-electron chi connectivity index (χ3n) is 2.10. The third kappa shape index (κ3) is 2.80. The average Bonchev–Trinajstić information content (AvgIpc) is 2.17. The lowest BCUT2D eigenvalue weighted by Gasteiger charge is -2.06. The van der Waals surface area contributed by atoms with Crippen LogP contribution in [0.15, 0.2) is 18.2 Å². The molecule has 0 spiro atoms. The van der Waals surface area contributed by atoms with Gasteiger partial charge < -0.3 is 5.11 Å². The summed E-state index contributed by atoms with van der Waals surface area (Å²) in [5, 5.41) is 9.11. The van der Waals surface area contributed by atoms with Gasteiger partial charge in [0.05, 0.1) is 10.6 Å². The zero-order valence-electron chi connectivity index (χ0n) is 8.29. The second-order valence-electron chi connectivity index (χ2n) is 3.15. The lowest BCUT2D eigenvalue weighted by molar-refractivity contribution is -0.118. The minimum absolute atomic E-state index is 0.000216. The van der Waals surface area contributed by atoms with Crippen molar-refractivity contribution in [3.63, 3.8) is 0 Å². The predicted octanol–water partition coefficient (Wildman–Crippen LogP) is 2.56. The molecule has 0 saturated carbocycles. The largest absolute Gasteiger partial charge is 0.478 e. The van der Waals surface area contributed by atoms with Crippen LogP contribution in [0, 0.1) is 0 Å². The molecule has 0 atom stereocenters. The minimum atomic E-state index is -1.10. The van der Waals surface area contributed by atoms with Crippen molar-refractivity contribution in [1.29, 1.82) is 0 Å². The van der Waals surface area contributed by atoms with Crippen molar-refractivity contribution in [2.24, 2.45) is 0 Å². The summed E-state index contributed by atoms with van der Waals surface area (Å²) in [7, 11) is 0. The number of carboxylic acid groups (broad SMARTS) is 1. The normalized spacial score (nSPS) is 10.0. The summed E-state index contributed by atoms with van der Waals surface area (Å²) >= 11 is 5.76. The first kappa shape index (κ1) is 11.7. The molecule has 0 aliphatic heterocycles. The molecule has 15 heavy (non-hydrogen) atoms. The summed E-state index contributed by atoms with van der Waals surface area (Å²) in [6.07, 6.45) is 0.518. The Morgan fingerprint density at radius 3 is 2.60 bits per heavy atom. The van der Waals surface area contributed by atoms with Gasteiger partial charge in [0.2, 0.25) is 0 Å². The van der Waals surface area contributed by atoms with Crippen LogP contribution in [0.2, 0.25) is 5.02 Å². The minimum Gasteiger partial charge on any atom is -0.478 e. The van der Waals surface area contributed by atoms with Crippen LogP contribution < -0.4 is 0 Å². The van der Waals surface area contributed by atoms with E-state index in [1.165, 1.54) is 6.07 Å². The summed E-state index contributed by atoms with van der Waals surface area (Å²) in [4.78, 5) is 22.1. The lowest BCUT2D eigenvalue weighted by atomic mass is 10.0. The third-order valence-corrected chi connectivity index (χ3v) is 2.41. The predicted molar refractivity (Wildman–Crippen MR) is 57.4 cm³/mol. The fourth-order valence-electron chi connectivity index (χ4n) is 1.29. The van der Waals surface area contributed by atoms with Crippen molar-refractivity contribution in [2.45, 2.75) is 19.8 Å². The van der Waals surface area contributed by atoms with E-state index in [2.05, 4.69) is 0 Å². The van der Waals surface area contributed by atoms with E-state index < -0.39 is 5.97 Å². The maximum absolute atomic E-state index is 11.2. The van der Waals surface area contributed by atoms with Gasteiger partial charge in [-0.1, -0.05) is 30.7 Å². The van der Waals surface area contributed by atoms with E-state index in [4.69, 9.17) is 16.7 Å². The zero-order chi connectivity index (χ0) is 11.4. The Bertz CT molecular complexity index is 399. The molecule has 0 aliphatic carbocycles. The van der Waals surface area contributed by atoms with E-state index in [1.807, 2.05) is 0 Å². The number of hydrogen-bond acceptors (Lipinski definition) is 2. The van der Waals surface area contributed by atoms with Gasteiger partial charge in [0.25, 0.3) is 0 Å². The highest BCUT2D eigenvalue weighted by atomic mass is 35.5. The molecule has 0 saturated heterocycles. The first-order valence-electron chi connectivity index (χ1n) is 4.58. The summed E-state index contributed by atoms with van der Waals surface area (Å²) in [6, 6.07) is 4.76. The Morgan fingerprint density at radius 1 is 1.40 bits per heavy atom. The fourth-order valence-corrected chi connectivity index (χ4v) is 1.57. The monoisotopic (exact) mass is 226 g/mol. The Morgan fingerprint density at radius 2 is 2.07 bits per heavy atom. The van der Waals surface area contributed by atoms with Crippen LogP contribution in [0.1, 0.15) is 29.3 Å². The molecule has 3 nitrogen and oxygen atoms in total. The van der Waals surface area contributed by atoms with Crippen LogP contribution >= 0.6 is 11.6 Å². The van der Waals surface area contributed by atoms with Gasteiger partial charge in [-0.3, -0.25) is 4.79 Å². The van der Waals surface area contributed by atoms with Crippen molar-refractivity contribution >= 4 is 23.4 Å². The van der Waals surface area contributed by atoms with Crippen LogP contribution in [0.4, 0.5) is 0 Å². The maximum atomic E-state index is 11.2. The topological polar surface area (TPSA) is 54.4 Å². The SMILES string of the molecule is CCC(=O)Cc1cccc(Cl)c1C(=O)O. The van der Waals surface area contributed by atoms with Gasteiger partial charge in [-0.05, 0) is 11.6 Å². The van der Waals surface area contributed by atoms with Gasteiger partial charge in [-0.15, -0.1) is 0 Å². The van der Waals surface area contributed by atoms with Crippen molar-refractivity contribution in [3.8, 4) is 0 Å². The summed E-state index contributed by atoms with van der Waals surface area (Å²) in [5.41, 5.74) is 0.503. The van der Waals surface area contributed by atoms with Crippen molar-refractivity contribution < 1.29 is 14.7 Å². The van der Waals surface area contributed by atoms with Gasteiger partial charge in [0.15, 0.2) is 0 Å². The first-order chi connectivity index (χ1) is 7.06. The van der Waals surface area contributed by atoms with Gasteiger partial charge in [0, 0.05) is 12.8 Å². The first-order valence-corrected chi connectivity index (χ1v) is 4.96. The smallest absolute Gasteiger partial charge is 0.337 e. The van der Waals surface area contributed by atoms with Crippen molar-refractivity contribution in [1.82, 2.24) is 0 Å². The van der Waals surface area contributed by atoms with E-state index in [0.717, 1.165) is 0 Å². The average molecular weight is 227 g/mol. The number of carbonyl (C=O) groups excluding carboxylic acids is 1. The molecule has 4 heteroatoms. The van der Waals surface area contributed by atoms with E-state index in [1.54, 1.807) is 19.1 Å². The number of carboxylic acids is 1. The lowest BCUT2D eigenvalue weighted by Crippen LogP contribution is -2.08. The van der Waals surface area contributed by atoms with Gasteiger partial charge in [-0.2, -0.15) is 0 Å². The van der Waals surface area contributed by atoms with Gasteiger partial charge in [0.1, 0.15) is 5.78 Å². The molecule has 0 aromatic heterocycles. The van der Waals surface area contributed by atoms with Crippen LogP contribution in [0.25, 0.3) is 0 Å². The van der Waals surface area contributed by atoms with Crippen molar-refractivity contribution in [3.05, 3.63) is 34.3 Å². The van der Waals surface area contributed by atoms with Crippen LogP contribution in [-0.4, -0.2) is 16.9 Å². The Balaban J connectivity index is 3.11. The molecule has 0 radical (unpaired) electrons. The molecule has 1 rings (SSSR count). The Kier molecular flexibility index (Phi) is 3.86. The molecular formula is C11H11ClO3. The maximum Gasteiger partial charge on any atom is 0.337 e. The molecule has 0 bridgehead atoms. The fraction of sp³-hybridized carbons (Fsp3) is 0.273. The molecule has 0 aliphatic rings. The Hall–Kier alpha value is -1.35. The van der Waals surface area contributed by atoms with Crippen molar-refractivity contribution in [2.75, 3.05) is 0 Å². The second kappa shape index (κ2) is 4.94. The number of rotatable bonds is 4. The number of ketones is 1. The highest BCUT2D eigenvalue weighted by Gasteiger charge is 2.15. The number of carbonyl (C=O) groups is 2. The molecule has 80 valence electrons. The van der Waals surface area contributed by atoms with E-state index in [0.29, 0.717) is 12.0 Å². The zero-order valence-corrected chi connectivity index (χ0v) is 9.04. The van der Waals surface area contributed by atoms with Crippen LogP contribution in [0.5, 0.6) is 0 Å². The van der Waals surface area contributed by atoms with E-state index in [9.17, 15) is 9.59 Å². The van der Waals surface area contributed by atoms with Gasteiger partial charge >= 0.3 is 5.97 Å². The van der Waals surface area contributed by atoms with E-state index in [-0.39, 0.29) is 22.8 Å². The molecule has 0 unspecified atom stereocenters. The summed E-state index contributed by atoms with van der Waals surface area (Å²) in [6.45, 7) is 1.74. The Labute approximate surface area is 92.7 Å². The molecule has 0 fully saturated rings. The number of aromatic carboxylic acids is 1. The summed E-state index contributed by atoms with van der Waals surface area (Å²) in [5.74, 6) is -1.10. The molecule has 0 heterocycles. The standard InChI is InChI=1S/C11H11ClO3/c1-2-8(13)6-7-4-3-5-9(12)10(7)11(14)15/h3-5H,2,6H2,1H3,(H,14,15). The summed E-state index contributed by atoms with van der Waals surface area (Å²) < 4.78 is 0. The van der Waals surface area contributed by atoms with Gasteiger partial charge in [-0.25, -0.2) is 4.79 Å². The second-order valence-corrected chi connectivity index (χ2v) is 3.56. The number of hydrogen-bond donors (Lipinski definition) is 1. The number of Topliss-reactive ketones (excluding diaryl/α,β-unsaturated/α-hetero) is 1. The quantitative estimate of drug-likeness (QED) is 0.859. The van der Waals surface area contributed by atoms with Crippen LogP contribution in [-0.2, 0) is 11.2 Å². The molecule has 1 aromatic rings. The number of halogens is 1. The highest BCUT2D eigenvalue weighted by molar-refractivity contribution is 6.33. The van der Waals surface area contributed by atoms with Crippen LogP contribution in [0.3, 0.4) is 0 Å². The highest BCUT2D eigenvalue weighted by Crippen LogP contribution is 2.20. The molecule has 0 amide bonds. The molecular weight excluding hydrogens is 216 g/mol. The number of benzene rings is 1. The van der Waals surface area contributed by atoms with E-state index >= 15 is 0 Å². The molecule has 1 N–H and O–H groups in total.